The average molecular weight is 666 g/mol. The molecule has 0 saturated carbocycles. The van der Waals surface area contributed by atoms with Crippen LogP contribution in [0, 0.1) is 12.1 Å². The summed E-state index contributed by atoms with van der Waals surface area (Å²) in [5, 5.41) is 12.8. The Morgan fingerprint density at radius 1 is 1.09 bits per heavy atom. The fourth-order valence-electron chi connectivity index (χ4n) is 5.93. The van der Waals surface area contributed by atoms with Crippen LogP contribution in [0.3, 0.4) is 0 Å². The van der Waals surface area contributed by atoms with Crippen molar-refractivity contribution in [1.82, 2.24) is 14.5 Å². The molecule has 3 aromatic heterocycles. The summed E-state index contributed by atoms with van der Waals surface area (Å²) >= 11 is 0. The Balaban J connectivity index is 1.08. The third-order valence-electron chi connectivity index (χ3n) is 8.37. The van der Waals surface area contributed by atoms with Crippen LogP contribution < -0.4 is 10.3 Å². The van der Waals surface area contributed by atoms with E-state index in [1.54, 1.807) is 58.8 Å². The standard InChI is InChI=1S/C35H27N3O7S2/c1-3-23-24-15-21(45-34(41)44-18-20-8-11-22(12-9-20)46-47-30-7-5-6-14-36-30)10-13-28(24)37-31-25(23)17-38-29(31)16-27-26(32(38)39)19-43-33(40)35(27,42)4-2/h7-16,42H,3-4,17-19H2,1-2H3/t35-/m0/s1. The molecule has 0 fully saturated rings. The first-order valence-electron chi connectivity index (χ1n) is 14.9. The molecule has 2 aliphatic heterocycles. The second kappa shape index (κ2) is 12.4. The number of hydrogen-bond donors (Lipinski definition) is 1. The van der Waals surface area contributed by atoms with Crippen LogP contribution in [-0.4, -0.2) is 31.8 Å². The fourth-order valence-corrected chi connectivity index (χ4v) is 7.71. The van der Waals surface area contributed by atoms with Crippen LogP contribution in [0.1, 0.15) is 48.1 Å². The van der Waals surface area contributed by atoms with Crippen LogP contribution in [0.4, 0.5) is 4.79 Å². The van der Waals surface area contributed by atoms with E-state index in [4.69, 9.17) is 19.2 Å². The second-order valence-corrected chi connectivity index (χ2v) is 13.3. The number of carbonyl (C=O) groups is 2. The van der Waals surface area contributed by atoms with E-state index in [9.17, 15) is 19.5 Å². The number of aliphatic hydroxyl groups is 1. The molecule has 0 amide bonds. The lowest BCUT2D eigenvalue weighted by Crippen LogP contribution is -2.44. The van der Waals surface area contributed by atoms with E-state index < -0.39 is 17.7 Å². The van der Waals surface area contributed by atoms with Gasteiger partial charge in [0.05, 0.1) is 35.2 Å². The number of nitrogens with zero attached hydrogens (tertiary/aromatic N) is 3. The third-order valence-corrected chi connectivity index (χ3v) is 10.7. The van der Waals surface area contributed by atoms with E-state index in [-0.39, 0.29) is 42.9 Å². The van der Waals surface area contributed by atoms with Crippen molar-refractivity contribution >= 4 is 44.6 Å². The second-order valence-electron chi connectivity index (χ2n) is 11.0. The van der Waals surface area contributed by atoms with Gasteiger partial charge in [0.25, 0.3) is 5.56 Å². The summed E-state index contributed by atoms with van der Waals surface area (Å²) < 4.78 is 17.7. The molecule has 0 bridgehead atoms. The number of fused-ring (bicyclic) bond motifs is 5. The Bertz CT molecular complexity index is 2100. The number of rotatable bonds is 8. The van der Waals surface area contributed by atoms with Gasteiger partial charge in [0, 0.05) is 27.5 Å². The van der Waals surface area contributed by atoms with E-state index >= 15 is 0 Å². The Morgan fingerprint density at radius 2 is 1.91 bits per heavy atom. The molecule has 47 heavy (non-hydrogen) atoms. The minimum absolute atomic E-state index is 0.0472. The van der Waals surface area contributed by atoms with E-state index in [1.807, 2.05) is 31.2 Å². The van der Waals surface area contributed by atoms with E-state index in [1.165, 1.54) is 10.8 Å². The van der Waals surface area contributed by atoms with Crippen LogP contribution in [0.15, 0.2) is 75.5 Å². The lowest BCUT2D eigenvalue weighted by atomic mass is 9.86. The molecular weight excluding hydrogens is 639 g/mol. The Morgan fingerprint density at radius 3 is 2.66 bits per heavy atom. The topological polar surface area (TPSA) is 130 Å². The molecule has 236 valence electrons. The Hall–Kier alpha value is -4.83. The monoisotopic (exact) mass is 665 g/mol. The van der Waals surface area contributed by atoms with Crippen molar-refractivity contribution in [2.75, 3.05) is 0 Å². The molecule has 2 aliphatic rings. The molecular formula is C35H27N3O7S2. The number of benzene rings is 2. The van der Waals surface area contributed by atoms with Gasteiger partial charge in [0.1, 0.15) is 24.0 Å². The maximum Gasteiger partial charge on any atom is 0.514 e. The maximum atomic E-state index is 13.6. The minimum atomic E-state index is -1.89. The lowest BCUT2D eigenvalue weighted by Gasteiger charge is -2.31. The zero-order valence-electron chi connectivity index (χ0n) is 25.4. The number of hydrogen-bond acceptors (Lipinski definition) is 11. The number of carbonyl (C=O) groups excluding carboxylic acids is 2. The number of pyridine rings is 2. The third kappa shape index (κ3) is 5.60. The molecule has 0 unspecified atom stereocenters. The zero-order chi connectivity index (χ0) is 32.7. The van der Waals surface area contributed by atoms with Gasteiger partial charge in [0.2, 0.25) is 0 Å². The van der Waals surface area contributed by atoms with Crippen molar-refractivity contribution in [3.05, 3.63) is 111 Å². The van der Waals surface area contributed by atoms with Crippen molar-refractivity contribution in [1.29, 1.82) is 0 Å². The van der Waals surface area contributed by atoms with Gasteiger partial charge in [-0.05, 0) is 77.2 Å². The van der Waals surface area contributed by atoms with E-state index in [0.717, 1.165) is 32.0 Å². The SMILES string of the molecule is CCc1c2c(nc3ccc(OC(=O)OCc4ccc(SSc5cc#ccn5)cc4)cc13)-c1cc3c(c(=O)n1C2)COC(=O)[C@]3(O)CC. The molecule has 5 aromatic rings. The van der Waals surface area contributed by atoms with Gasteiger partial charge in [-0.1, -0.05) is 42.8 Å². The van der Waals surface area contributed by atoms with E-state index in [2.05, 4.69) is 17.1 Å². The quantitative estimate of drug-likeness (QED) is 0.114. The number of aryl methyl sites for hydroxylation is 1. The largest absolute Gasteiger partial charge is 0.514 e. The molecule has 0 spiro atoms. The highest BCUT2D eigenvalue weighted by Gasteiger charge is 2.45. The normalized spacial score (nSPS) is 16.1. The number of ether oxygens (including phenoxy) is 3. The first-order chi connectivity index (χ1) is 22.8. The highest BCUT2D eigenvalue weighted by molar-refractivity contribution is 8.76. The summed E-state index contributed by atoms with van der Waals surface area (Å²) in [6.45, 7) is 3.82. The number of cyclic esters (lactones) is 1. The summed E-state index contributed by atoms with van der Waals surface area (Å²) in [5.74, 6) is -0.456. The molecule has 7 rings (SSSR count). The van der Waals surface area contributed by atoms with Gasteiger partial charge in [-0.3, -0.25) is 4.79 Å². The summed E-state index contributed by atoms with van der Waals surface area (Å²) in [7, 11) is 3.08. The molecule has 0 aliphatic carbocycles. The Kier molecular flexibility index (Phi) is 8.13. The molecule has 5 heterocycles. The summed E-state index contributed by atoms with van der Waals surface area (Å²) in [6, 6.07) is 21.9. The average Bonchev–Trinajstić information content (AvgIpc) is 3.46. The van der Waals surface area contributed by atoms with Crippen molar-refractivity contribution in [3.8, 4) is 17.1 Å². The molecule has 0 radical (unpaired) electrons. The van der Waals surface area contributed by atoms with Crippen LogP contribution in [0.5, 0.6) is 5.75 Å². The predicted molar refractivity (Wildman–Crippen MR) is 175 cm³/mol. The van der Waals surface area contributed by atoms with Gasteiger partial charge < -0.3 is 23.9 Å². The smallest absolute Gasteiger partial charge is 0.458 e. The van der Waals surface area contributed by atoms with Crippen LogP contribution in [-0.2, 0) is 46.0 Å². The number of esters is 1. The molecule has 2 aromatic carbocycles. The van der Waals surface area contributed by atoms with Crippen LogP contribution in [0.2, 0.25) is 0 Å². The minimum Gasteiger partial charge on any atom is -0.458 e. The van der Waals surface area contributed by atoms with Crippen molar-refractivity contribution in [3.63, 3.8) is 0 Å². The molecule has 0 saturated heterocycles. The number of aromatic nitrogens is 3. The van der Waals surface area contributed by atoms with Crippen molar-refractivity contribution in [2.24, 2.45) is 0 Å². The Labute approximate surface area is 277 Å². The first kappa shape index (κ1) is 30.8. The predicted octanol–water partition coefficient (Wildman–Crippen LogP) is 6.15. The van der Waals surface area contributed by atoms with E-state index in [0.29, 0.717) is 29.1 Å². The summed E-state index contributed by atoms with van der Waals surface area (Å²) in [4.78, 5) is 48.8. The highest BCUT2D eigenvalue weighted by atomic mass is 33.1. The zero-order valence-corrected chi connectivity index (χ0v) is 27.0. The first-order valence-corrected chi connectivity index (χ1v) is 17.1. The molecule has 12 heteroatoms. The summed E-state index contributed by atoms with van der Waals surface area (Å²) in [6.07, 6.45) is 1.44. The summed E-state index contributed by atoms with van der Waals surface area (Å²) in [5.41, 5.74) is 2.79. The molecule has 1 atom stereocenters. The molecule has 10 nitrogen and oxygen atoms in total. The van der Waals surface area contributed by atoms with Gasteiger partial charge in [-0.15, -0.1) is 0 Å². The van der Waals surface area contributed by atoms with Gasteiger partial charge in [-0.25, -0.2) is 19.6 Å². The maximum absolute atomic E-state index is 13.6. The van der Waals surface area contributed by atoms with Gasteiger partial charge in [0.15, 0.2) is 5.60 Å². The highest BCUT2D eigenvalue weighted by Crippen LogP contribution is 2.41. The van der Waals surface area contributed by atoms with Crippen LogP contribution in [0.25, 0.3) is 22.3 Å². The van der Waals surface area contributed by atoms with Gasteiger partial charge >= 0.3 is 12.1 Å². The van der Waals surface area contributed by atoms with Crippen molar-refractivity contribution < 1.29 is 28.9 Å². The van der Waals surface area contributed by atoms with Crippen molar-refractivity contribution in [2.45, 2.75) is 62.0 Å². The van der Waals surface area contributed by atoms with Gasteiger partial charge in [-0.2, -0.15) is 0 Å². The lowest BCUT2D eigenvalue weighted by molar-refractivity contribution is -0.172. The fraction of sp³-hybridized carbons (Fsp3) is 0.229. The molecule has 1 N–H and O–H groups in total. The van der Waals surface area contributed by atoms with Crippen LogP contribution >= 0.6 is 21.6 Å².